The number of hydrogen-bond donors (Lipinski definition) is 0. The SMILES string of the molecule is c1ccc(-c2cccc(-c3nc(-c4ccccc4)cc(-c4cccc5sc6c(-c7cc8ccccc8c(-c8ccccc8)n7)cccc6c45)n3)c2)cc1. The maximum atomic E-state index is 5.35. The Balaban J connectivity index is 1.17. The van der Waals surface area contributed by atoms with E-state index in [1.807, 2.05) is 23.5 Å². The van der Waals surface area contributed by atoms with Crippen LogP contribution in [-0.4, -0.2) is 15.0 Å². The van der Waals surface area contributed by atoms with Gasteiger partial charge in [0.2, 0.25) is 0 Å². The van der Waals surface area contributed by atoms with Crippen LogP contribution < -0.4 is 0 Å². The van der Waals surface area contributed by atoms with Gasteiger partial charge in [-0.3, -0.25) is 0 Å². The van der Waals surface area contributed by atoms with Crippen LogP contribution in [0.1, 0.15) is 0 Å². The van der Waals surface area contributed by atoms with Crippen molar-refractivity contribution in [2.24, 2.45) is 0 Å². The van der Waals surface area contributed by atoms with Gasteiger partial charge in [-0.2, -0.15) is 0 Å². The predicted octanol–water partition coefficient (Wildman–Crippen LogP) is 13.4. The smallest absolute Gasteiger partial charge is 0.160 e. The van der Waals surface area contributed by atoms with Gasteiger partial charge in [-0.1, -0.05) is 164 Å². The van der Waals surface area contributed by atoms with Crippen LogP contribution >= 0.6 is 11.3 Å². The number of benzene rings is 7. The monoisotopic (exact) mass is 693 g/mol. The minimum atomic E-state index is 0.699. The number of fused-ring (bicyclic) bond motifs is 4. The molecule has 0 saturated heterocycles. The zero-order valence-electron chi connectivity index (χ0n) is 28.6. The molecule has 0 amide bonds. The Labute approximate surface area is 311 Å². The molecule has 7 aromatic carbocycles. The van der Waals surface area contributed by atoms with E-state index < -0.39 is 0 Å². The van der Waals surface area contributed by atoms with Crippen molar-refractivity contribution in [1.29, 1.82) is 0 Å². The van der Waals surface area contributed by atoms with Crippen molar-refractivity contribution < 1.29 is 0 Å². The summed E-state index contributed by atoms with van der Waals surface area (Å²) in [6, 6.07) is 66.0. The number of thiophene rings is 1. The highest BCUT2D eigenvalue weighted by molar-refractivity contribution is 7.26. The molecular weight excluding hydrogens is 663 g/mol. The quantitative estimate of drug-likeness (QED) is 0.174. The van der Waals surface area contributed by atoms with Crippen LogP contribution in [0.15, 0.2) is 188 Å². The standard InChI is InChI=1S/C49H31N3S/c1-4-15-32(16-5-1)35-22-12-23-37(29-35)49-51-42(33-17-6-2-7-18-33)31-44(52-49)39-25-14-28-45-46(39)41-27-13-26-40(48(41)53-45)43-30-36-21-10-11-24-38(36)47(50-43)34-19-8-3-9-20-34/h1-31H. The van der Waals surface area contributed by atoms with Crippen LogP contribution in [0.5, 0.6) is 0 Å². The molecular formula is C49H31N3S. The van der Waals surface area contributed by atoms with Crippen molar-refractivity contribution in [3.05, 3.63) is 188 Å². The Bertz CT molecular complexity index is 2940. The van der Waals surface area contributed by atoms with Crippen LogP contribution in [0.2, 0.25) is 0 Å². The molecule has 0 saturated carbocycles. The topological polar surface area (TPSA) is 38.7 Å². The van der Waals surface area contributed by atoms with E-state index in [0.717, 1.165) is 67.1 Å². The molecule has 53 heavy (non-hydrogen) atoms. The first kappa shape index (κ1) is 31.0. The van der Waals surface area contributed by atoms with Gasteiger partial charge >= 0.3 is 0 Å². The Morgan fingerprint density at radius 3 is 1.75 bits per heavy atom. The van der Waals surface area contributed by atoms with Gasteiger partial charge < -0.3 is 0 Å². The summed E-state index contributed by atoms with van der Waals surface area (Å²) in [5.74, 6) is 0.699. The summed E-state index contributed by atoms with van der Waals surface area (Å²) in [5, 5.41) is 4.71. The average Bonchev–Trinajstić information content (AvgIpc) is 3.63. The lowest BCUT2D eigenvalue weighted by Gasteiger charge is -2.12. The third-order valence-electron chi connectivity index (χ3n) is 9.89. The fourth-order valence-electron chi connectivity index (χ4n) is 7.36. The minimum Gasteiger partial charge on any atom is -0.247 e. The van der Waals surface area contributed by atoms with E-state index in [1.165, 1.54) is 25.6 Å². The van der Waals surface area contributed by atoms with E-state index in [0.29, 0.717) is 5.82 Å². The summed E-state index contributed by atoms with van der Waals surface area (Å²) >= 11 is 1.82. The van der Waals surface area contributed by atoms with E-state index in [-0.39, 0.29) is 0 Å². The molecule has 0 aliphatic rings. The van der Waals surface area contributed by atoms with E-state index in [2.05, 4.69) is 176 Å². The van der Waals surface area contributed by atoms with E-state index in [4.69, 9.17) is 15.0 Å². The number of nitrogens with zero attached hydrogens (tertiary/aromatic N) is 3. The average molecular weight is 694 g/mol. The van der Waals surface area contributed by atoms with Gasteiger partial charge in [0, 0.05) is 53.4 Å². The number of pyridine rings is 1. The Kier molecular flexibility index (Phi) is 7.67. The first-order valence-corrected chi connectivity index (χ1v) is 18.6. The second kappa shape index (κ2) is 13.1. The molecule has 0 fully saturated rings. The first-order chi connectivity index (χ1) is 26.3. The molecule has 0 atom stereocenters. The normalized spacial score (nSPS) is 11.4. The van der Waals surface area contributed by atoms with Crippen molar-refractivity contribution in [3.63, 3.8) is 0 Å². The van der Waals surface area contributed by atoms with Crippen molar-refractivity contribution >= 4 is 42.3 Å². The highest BCUT2D eigenvalue weighted by Crippen LogP contribution is 2.44. The fourth-order valence-corrected chi connectivity index (χ4v) is 8.61. The molecule has 10 aromatic rings. The molecule has 4 heteroatoms. The maximum Gasteiger partial charge on any atom is 0.160 e. The molecule has 3 heterocycles. The summed E-state index contributed by atoms with van der Waals surface area (Å²) in [6.07, 6.45) is 0. The zero-order valence-corrected chi connectivity index (χ0v) is 29.5. The van der Waals surface area contributed by atoms with E-state index >= 15 is 0 Å². The summed E-state index contributed by atoms with van der Waals surface area (Å²) in [4.78, 5) is 15.8. The van der Waals surface area contributed by atoms with Crippen LogP contribution in [0.25, 0.3) is 98.5 Å². The lowest BCUT2D eigenvalue weighted by atomic mass is 9.98. The van der Waals surface area contributed by atoms with Crippen molar-refractivity contribution in [2.45, 2.75) is 0 Å². The van der Waals surface area contributed by atoms with Gasteiger partial charge in [-0.25, -0.2) is 15.0 Å². The van der Waals surface area contributed by atoms with Crippen molar-refractivity contribution in [3.8, 4) is 67.5 Å². The molecule has 10 rings (SSSR count). The second-order valence-corrected chi connectivity index (χ2v) is 14.2. The largest absolute Gasteiger partial charge is 0.247 e. The Hall–Kier alpha value is -6.75. The van der Waals surface area contributed by atoms with Crippen LogP contribution in [-0.2, 0) is 0 Å². The molecule has 0 bridgehead atoms. The summed E-state index contributed by atoms with van der Waals surface area (Å²) in [5.41, 5.74) is 11.4. The van der Waals surface area contributed by atoms with Gasteiger partial charge in [0.05, 0.1) is 22.8 Å². The van der Waals surface area contributed by atoms with Gasteiger partial charge in [0.25, 0.3) is 0 Å². The second-order valence-electron chi connectivity index (χ2n) is 13.2. The molecule has 248 valence electrons. The molecule has 0 N–H and O–H groups in total. The number of rotatable bonds is 6. The Morgan fingerprint density at radius 1 is 0.358 bits per heavy atom. The van der Waals surface area contributed by atoms with Crippen LogP contribution in [0, 0.1) is 0 Å². The Morgan fingerprint density at radius 2 is 0.943 bits per heavy atom. The zero-order chi connectivity index (χ0) is 35.1. The van der Waals surface area contributed by atoms with Crippen molar-refractivity contribution in [1.82, 2.24) is 15.0 Å². The minimum absolute atomic E-state index is 0.699. The summed E-state index contributed by atoms with van der Waals surface area (Å²) in [7, 11) is 0. The third kappa shape index (κ3) is 5.66. The maximum absolute atomic E-state index is 5.35. The van der Waals surface area contributed by atoms with Crippen molar-refractivity contribution in [2.75, 3.05) is 0 Å². The van der Waals surface area contributed by atoms with Gasteiger partial charge in [-0.15, -0.1) is 11.3 Å². The highest BCUT2D eigenvalue weighted by atomic mass is 32.1. The fraction of sp³-hybridized carbons (Fsp3) is 0. The highest BCUT2D eigenvalue weighted by Gasteiger charge is 2.19. The molecule has 0 aliphatic heterocycles. The van der Waals surface area contributed by atoms with Gasteiger partial charge in [-0.05, 0) is 40.8 Å². The number of hydrogen-bond acceptors (Lipinski definition) is 4. The van der Waals surface area contributed by atoms with E-state index in [9.17, 15) is 0 Å². The first-order valence-electron chi connectivity index (χ1n) is 17.8. The summed E-state index contributed by atoms with van der Waals surface area (Å²) < 4.78 is 2.42. The molecule has 0 unspecified atom stereocenters. The van der Waals surface area contributed by atoms with Gasteiger partial charge in [0.15, 0.2) is 5.82 Å². The predicted molar refractivity (Wildman–Crippen MR) is 223 cm³/mol. The molecule has 3 nitrogen and oxygen atoms in total. The molecule has 0 radical (unpaired) electrons. The molecule has 3 aromatic heterocycles. The lowest BCUT2D eigenvalue weighted by molar-refractivity contribution is 1.19. The number of aromatic nitrogens is 3. The van der Waals surface area contributed by atoms with Crippen LogP contribution in [0.3, 0.4) is 0 Å². The van der Waals surface area contributed by atoms with E-state index in [1.54, 1.807) is 0 Å². The van der Waals surface area contributed by atoms with Gasteiger partial charge in [0.1, 0.15) is 0 Å². The third-order valence-corrected chi connectivity index (χ3v) is 11.1. The van der Waals surface area contributed by atoms with Crippen LogP contribution in [0.4, 0.5) is 0 Å². The lowest BCUT2D eigenvalue weighted by Crippen LogP contribution is -1.96. The molecule has 0 spiro atoms. The summed E-state index contributed by atoms with van der Waals surface area (Å²) in [6.45, 7) is 0. The molecule has 0 aliphatic carbocycles.